The van der Waals surface area contributed by atoms with E-state index in [1.54, 1.807) is 19.1 Å². The molecular weight excluding hydrogens is 356 g/mol. The van der Waals surface area contributed by atoms with E-state index in [9.17, 15) is 14.4 Å². The van der Waals surface area contributed by atoms with E-state index in [1.807, 2.05) is 31.0 Å². The van der Waals surface area contributed by atoms with Gasteiger partial charge < -0.3 is 15.4 Å². The molecule has 0 bridgehead atoms. The first-order valence-electron chi connectivity index (χ1n) is 9.03. The van der Waals surface area contributed by atoms with Gasteiger partial charge in [-0.15, -0.1) is 0 Å². The predicted molar refractivity (Wildman–Crippen MR) is 105 cm³/mol. The highest BCUT2D eigenvalue weighted by Crippen LogP contribution is 2.31. The lowest BCUT2D eigenvalue weighted by Gasteiger charge is -2.10. The summed E-state index contributed by atoms with van der Waals surface area (Å²) in [6.07, 6.45) is 8.09. The molecule has 2 amide bonds. The summed E-state index contributed by atoms with van der Waals surface area (Å²) in [5, 5.41) is 6.91. The van der Waals surface area contributed by atoms with Crippen LogP contribution in [0.2, 0.25) is 0 Å². The van der Waals surface area contributed by atoms with Gasteiger partial charge in [0.25, 0.3) is 5.91 Å². The van der Waals surface area contributed by atoms with Gasteiger partial charge in [-0.3, -0.25) is 14.4 Å². The fourth-order valence-corrected chi connectivity index (χ4v) is 2.84. The van der Waals surface area contributed by atoms with Crippen molar-refractivity contribution in [3.8, 4) is 0 Å². The summed E-state index contributed by atoms with van der Waals surface area (Å²) in [5.74, 6) is -0.176. The summed E-state index contributed by atoms with van der Waals surface area (Å²) in [7, 11) is 0. The maximum absolute atomic E-state index is 12.3. The number of carbonyl (C=O) groups is 3. The molecule has 6 nitrogen and oxygen atoms in total. The van der Waals surface area contributed by atoms with E-state index >= 15 is 0 Å². The van der Waals surface area contributed by atoms with Gasteiger partial charge in [0.15, 0.2) is 0 Å². The predicted octanol–water partition coefficient (Wildman–Crippen LogP) is 2.00. The summed E-state index contributed by atoms with van der Waals surface area (Å²) < 4.78 is 4.72. The molecule has 3 rings (SSSR count). The Balaban J connectivity index is 1.56. The summed E-state index contributed by atoms with van der Waals surface area (Å²) in [4.78, 5) is 35.2. The molecule has 0 spiro atoms. The lowest BCUT2D eigenvalue weighted by Crippen LogP contribution is -2.39. The van der Waals surface area contributed by atoms with Crippen molar-refractivity contribution in [2.24, 2.45) is 0 Å². The Kier molecular flexibility index (Phi) is 6.63. The van der Waals surface area contributed by atoms with Gasteiger partial charge in [-0.05, 0) is 61.1 Å². The molecule has 0 atom stereocenters. The highest BCUT2D eigenvalue weighted by atomic mass is 16.5. The fraction of sp³-hybridized carbons (Fsp3) is 0.182. The van der Waals surface area contributed by atoms with Crippen LogP contribution in [0.4, 0.5) is 0 Å². The quantitative estimate of drug-likeness (QED) is 0.723. The summed E-state index contributed by atoms with van der Waals surface area (Å²) in [6.45, 7) is 1.50. The van der Waals surface area contributed by atoms with Crippen LogP contribution in [0.3, 0.4) is 0 Å². The Morgan fingerprint density at radius 2 is 1.61 bits per heavy atom. The van der Waals surface area contributed by atoms with Crippen LogP contribution in [0.5, 0.6) is 0 Å². The second kappa shape index (κ2) is 9.35. The zero-order chi connectivity index (χ0) is 19.9. The highest BCUT2D eigenvalue weighted by Gasteiger charge is 2.19. The Bertz CT molecular complexity index is 872. The number of amides is 2. The third-order valence-electron chi connectivity index (χ3n) is 4.24. The first kappa shape index (κ1) is 19.9. The van der Waals surface area contributed by atoms with Crippen LogP contribution in [0.15, 0.2) is 36.4 Å². The fourth-order valence-electron chi connectivity index (χ4n) is 2.84. The molecule has 0 aromatic heterocycles. The van der Waals surface area contributed by atoms with E-state index in [0.29, 0.717) is 5.56 Å². The molecule has 28 heavy (non-hydrogen) atoms. The normalized spacial score (nSPS) is 14.0. The average Bonchev–Trinajstić information content (AvgIpc) is 3.24. The van der Waals surface area contributed by atoms with Crippen LogP contribution in [0.1, 0.15) is 22.8 Å². The SMILES string of the molecule is CCOC(=O)CNC(=O)CNC(=O)c1ccc2cc([C]3[CH][CH][CH][CH]3)ccc2c1. The molecule has 0 unspecified atom stereocenters. The van der Waals surface area contributed by atoms with Gasteiger partial charge in [0.1, 0.15) is 6.54 Å². The van der Waals surface area contributed by atoms with Crippen molar-refractivity contribution in [2.45, 2.75) is 6.92 Å². The number of hydrogen-bond donors (Lipinski definition) is 2. The minimum atomic E-state index is -0.516. The Hall–Kier alpha value is -2.89. The molecule has 0 aliphatic heterocycles. The van der Waals surface area contributed by atoms with Crippen molar-refractivity contribution in [3.63, 3.8) is 0 Å². The maximum Gasteiger partial charge on any atom is 0.325 e. The van der Waals surface area contributed by atoms with E-state index in [0.717, 1.165) is 22.3 Å². The van der Waals surface area contributed by atoms with Crippen LogP contribution in [-0.2, 0) is 14.3 Å². The molecule has 1 aliphatic rings. The Morgan fingerprint density at radius 3 is 2.36 bits per heavy atom. The van der Waals surface area contributed by atoms with Crippen molar-refractivity contribution in [2.75, 3.05) is 19.7 Å². The minimum Gasteiger partial charge on any atom is -0.465 e. The number of rotatable bonds is 7. The number of esters is 1. The van der Waals surface area contributed by atoms with Crippen molar-refractivity contribution < 1.29 is 19.1 Å². The van der Waals surface area contributed by atoms with E-state index in [4.69, 9.17) is 4.74 Å². The molecule has 5 radical (unpaired) electrons. The largest absolute Gasteiger partial charge is 0.465 e. The standard InChI is InChI=1S/C22H21N2O4/c1-2-28-21(26)14-23-20(25)13-24-22(27)19-10-9-17-11-16(7-8-18(17)12-19)15-5-3-4-6-15/h3-12H,2,13-14H2,1H3,(H,23,25)(H,24,27). The van der Waals surface area contributed by atoms with Crippen molar-refractivity contribution in [1.82, 2.24) is 10.6 Å². The van der Waals surface area contributed by atoms with Gasteiger partial charge in [0, 0.05) is 11.5 Å². The topological polar surface area (TPSA) is 84.5 Å². The molecule has 1 fully saturated rings. The summed E-state index contributed by atoms with van der Waals surface area (Å²) in [6, 6.07) is 11.5. The molecule has 2 aromatic carbocycles. The lowest BCUT2D eigenvalue weighted by molar-refractivity contribution is -0.143. The van der Waals surface area contributed by atoms with Gasteiger partial charge in [0.05, 0.1) is 13.2 Å². The van der Waals surface area contributed by atoms with Crippen molar-refractivity contribution in [3.05, 3.63) is 79.1 Å². The van der Waals surface area contributed by atoms with Gasteiger partial charge >= 0.3 is 5.97 Å². The molecule has 143 valence electrons. The number of carbonyl (C=O) groups excluding carboxylic acids is 3. The maximum atomic E-state index is 12.3. The monoisotopic (exact) mass is 377 g/mol. The average molecular weight is 377 g/mol. The number of benzene rings is 2. The highest BCUT2D eigenvalue weighted by molar-refractivity contribution is 6.00. The van der Waals surface area contributed by atoms with Crippen molar-refractivity contribution in [1.29, 1.82) is 0 Å². The van der Waals surface area contributed by atoms with E-state index in [2.05, 4.69) is 29.5 Å². The summed E-state index contributed by atoms with van der Waals surface area (Å²) >= 11 is 0. The third-order valence-corrected chi connectivity index (χ3v) is 4.24. The van der Waals surface area contributed by atoms with E-state index in [1.165, 1.54) is 0 Å². The zero-order valence-electron chi connectivity index (χ0n) is 15.5. The third kappa shape index (κ3) is 5.09. The lowest BCUT2D eigenvalue weighted by atomic mass is 9.94. The second-order valence-electron chi connectivity index (χ2n) is 6.21. The molecule has 1 saturated carbocycles. The molecular formula is C22H21N2O4. The van der Waals surface area contributed by atoms with E-state index < -0.39 is 11.9 Å². The van der Waals surface area contributed by atoms with Crippen LogP contribution >= 0.6 is 0 Å². The smallest absolute Gasteiger partial charge is 0.325 e. The molecule has 1 aliphatic carbocycles. The van der Waals surface area contributed by atoms with Crippen molar-refractivity contribution >= 4 is 28.6 Å². The number of ether oxygens (including phenoxy) is 1. The van der Waals surface area contributed by atoms with Gasteiger partial charge in [-0.25, -0.2) is 0 Å². The van der Waals surface area contributed by atoms with E-state index in [-0.39, 0.29) is 25.6 Å². The van der Waals surface area contributed by atoms with Crippen LogP contribution in [0.25, 0.3) is 10.8 Å². The Morgan fingerprint density at radius 1 is 0.893 bits per heavy atom. The molecule has 2 aromatic rings. The molecule has 6 heteroatoms. The first-order chi connectivity index (χ1) is 13.6. The number of hydrogen-bond acceptors (Lipinski definition) is 4. The van der Waals surface area contributed by atoms with Crippen LogP contribution in [0, 0.1) is 31.6 Å². The van der Waals surface area contributed by atoms with Crippen LogP contribution in [-0.4, -0.2) is 37.5 Å². The number of nitrogens with one attached hydrogen (secondary N) is 2. The molecule has 2 N–H and O–H groups in total. The van der Waals surface area contributed by atoms with Gasteiger partial charge in [-0.2, -0.15) is 0 Å². The second-order valence-corrected chi connectivity index (χ2v) is 6.21. The van der Waals surface area contributed by atoms with Crippen LogP contribution < -0.4 is 10.6 Å². The number of fused-ring (bicyclic) bond motifs is 1. The zero-order valence-corrected chi connectivity index (χ0v) is 15.5. The van der Waals surface area contributed by atoms with Gasteiger partial charge in [-0.1, -0.05) is 24.3 Å². The minimum absolute atomic E-state index is 0.216. The first-order valence-corrected chi connectivity index (χ1v) is 9.03. The Labute approximate surface area is 164 Å². The molecule has 0 saturated heterocycles. The molecule has 0 heterocycles. The summed E-state index contributed by atoms with van der Waals surface area (Å²) in [5.41, 5.74) is 1.58. The van der Waals surface area contributed by atoms with Gasteiger partial charge in [0.2, 0.25) is 5.91 Å².